The number of fused-ring (bicyclic) bond motifs is 2. The molecule has 0 unspecified atom stereocenters. The van der Waals surface area contributed by atoms with Crippen molar-refractivity contribution in [1.82, 2.24) is 34.5 Å². The summed E-state index contributed by atoms with van der Waals surface area (Å²) in [5.41, 5.74) is 15.1. The number of nitrogens with one attached hydrogen (secondary N) is 5. The summed E-state index contributed by atoms with van der Waals surface area (Å²) in [5.74, 6) is -0.263. The van der Waals surface area contributed by atoms with E-state index in [9.17, 15) is 28.8 Å². The number of ether oxygens (including phenoxy) is 2. The van der Waals surface area contributed by atoms with Crippen LogP contribution in [0.3, 0.4) is 0 Å². The number of Topliss-reactive ketones (excluding diaryl/α,β-unsaturated/α-hetero) is 4. The predicted octanol–water partition coefficient (Wildman–Crippen LogP) is 5.35. The molecule has 0 spiro atoms. The zero-order chi connectivity index (χ0) is 47.4. The molecule has 0 saturated carbocycles. The summed E-state index contributed by atoms with van der Waals surface area (Å²) in [7, 11) is 1.96. The number of anilines is 1. The third kappa shape index (κ3) is 26.9. The van der Waals surface area contributed by atoms with Gasteiger partial charge in [-0.15, -0.1) is 0 Å². The number of hydrogen-bond donors (Lipinski definition) is 7. The second-order valence-corrected chi connectivity index (χ2v) is 12.9. The van der Waals surface area contributed by atoms with Crippen molar-refractivity contribution < 1.29 is 64.6 Å². The van der Waals surface area contributed by atoms with Crippen LogP contribution in [0.15, 0.2) is 35.6 Å². The summed E-state index contributed by atoms with van der Waals surface area (Å²) in [5, 5.41) is 23.4. The topological polar surface area (TPSA) is 335 Å². The van der Waals surface area contributed by atoms with E-state index in [-0.39, 0.29) is 96.8 Å². The van der Waals surface area contributed by atoms with Gasteiger partial charge in [-0.25, -0.2) is 19.7 Å². The van der Waals surface area contributed by atoms with Crippen LogP contribution in [0, 0.1) is 81.0 Å². The molecule has 0 atom stereocenters. The molecule has 0 aliphatic heterocycles. The first-order valence-corrected chi connectivity index (χ1v) is 18.6. The molecule has 5 aromatic rings. The Morgan fingerprint density at radius 3 is 1.82 bits per heavy atom. The smallest absolute Gasteiger partial charge is 0.341 e. The Hall–Kier alpha value is -6.09. The van der Waals surface area contributed by atoms with E-state index in [1.165, 1.54) is 40.3 Å². The molecule has 20 nitrogen and oxygen atoms in total. The molecule has 0 fully saturated rings. The summed E-state index contributed by atoms with van der Waals surface area (Å²) in [4.78, 5) is 82.0. The van der Waals surface area contributed by atoms with Crippen LogP contribution in [-0.2, 0) is 35.7 Å². The molecular weight excluding hydrogens is 1050 g/mol. The van der Waals surface area contributed by atoms with Gasteiger partial charge in [0.1, 0.15) is 51.5 Å². The maximum absolute atomic E-state index is 11.2. The summed E-state index contributed by atoms with van der Waals surface area (Å²) < 4.78 is 11.5. The fraction of sp³-hybridized carbons (Fsp3) is 0.375. The van der Waals surface area contributed by atoms with E-state index >= 15 is 0 Å². The minimum Gasteiger partial charge on any atom is -0.481 e. The molecule has 5 aromatic heterocycles. The zero-order valence-electron chi connectivity index (χ0n) is 36.7. The predicted molar refractivity (Wildman–Crippen MR) is 234 cm³/mol. The van der Waals surface area contributed by atoms with Crippen molar-refractivity contribution in [3.63, 3.8) is 0 Å². The monoisotopic (exact) mass is 1110 g/mol. The Morgan fingerprint density at radius 1 is 0.887 bits per heavy atom. The fourth-order valence-corrected chi connectivity index (χ4v) is 4.31. The first-order valence-electron chi connectivity index (χ1n) is 18.2. The molecule has 0 aromatic carbocycles. The number of nitrogen functional groups attached to an aromatic ring is 1. The van der Waals surface area contributed by atoms with E-state index in [2.05, 4.69) is 36.8 Å². The van der Waals surface area contributed by atoms with Crippen molar-refractivity contribution in [2.45, 2.75) is 81.6 Å². The molecule has 0 saturated heterocycles. The number of hydrogen-bond acceptors (Lipinski definition) is 15. The molecule has 5 heterocycles. The van der Waals surface area contributed by atoms with Gasteiger partial charge in [0.25, 0.3) is 5.56 Å². The van der Waals surface area contributed by atoms with Gasteiger partial charge in [-0.1, -0.05) is 11.6 Å². The number of nitrogens with two attached hydrogens (primary N) is 2. The molecule has 0 aliphatic rings. The van der Waals surface area contributed by atoms with Crippen LogP contribution in [0.1, 0.15) is 88.2 Å². The molecule has 5 rings (SSSR count). The number of rotatable bonds is 8. The largest absolute Gasteiger partial charge is 0.481 e. The Bertz CT molecular complexity index is 2330. The van der Waals surface area contributed by atoms with Gasteiger partial charge in [-0.2, -0.15) is 5.26 Å². The molecular formula is C40H56ClN12O8U-. The van der Waals surface area contributed by atoms with Crippen LogP contribution in [0.4, 0.5) is 5.82 Å². The van der Waals surface area contributed by atoms with Crippen molar-refractivity contribution in [3.8, 4) is 6.07 Å². The van der Waals surface area contributed by atoms with E-state index in [0.717, 1.165) is 28.1 Å². The second-order valence-electron chi connectivity index (χ2n) is 12.6. The van der Waals surface area contributed by atoms with Gasteiger partial charge in [0.15, 0.2) is 5.90 Å². The molecule has 22 heteroatoms. The number of carbonyl (C=O) groups is 5. The number of aromatic nitrogens is 7. The van der Waals surface area contributed by atoms with E-state index in [0.29, 0.717) is 40.8 Å². The van der Waals surface area contributed by atoms with Crippen LogP contribution < -0.4 is 17.0 Å². The molecule has 336 valence electrons. The van der Waals surface area contributed by atoms with Gasteiger partial charge < -0.3 is 52.2 Å². The molecule has 62 heavy (non-hydrogen) atoms. The maximum Gasteiger partial charge on any atom is 0.341 e. The third-order valence-electron chi connectivity index (χ3n) is 6.55. The molecule has 9 N–H and O–H groups in total. The fourth-order valence-electron chi connectivity index (χ4n) is 4.13. The number of aryl methyl sites for hydroxylation is 4. The van der Waals surface area contributed by atoms with E-state index in [1.807, 2.05) is 38.5 Å². The Morgan fingerprint density at radius 2 is 1.44 bits per heavy atom. The summed E-state index contributed by atoms with van der Waals surface area (Å²) >= 11 is 5.88. The summed E-state index contributed by atoms with van der Waals surface area (Å²) in [6.45, 7) is 18.8. The molecule has 0 amide bonds. The number of nitrogens with zero attached hydrogens (tertiary/aromatic N) is 5. The van der Waals surface area contributed by atoms with Gasteiger partial charge >= 0.3 is 5.97 Å². The van der Waals surface area contributed by atoms with E-state index in [1.54, 1.807) is 32.0 Å². The van der Waals surface area contributed by atoms with Gasteiger partial charge in [0.2, 0.25) is 0 Å². The van der Waals surface area contributed by atoms with Crippen LogP contribution in [-0.4, -0.2) is 88.5 Å². The van der Waals surface area contributed by atoms with Crippen molar-refractivity contribution >= 4 is 80.3 Å². The van der Waals surface area contributed by atoms with E-state index < -0.39 is 0 Å². The number of nitriles is 1. The van der Waals surface area contributed by atoms with Crippen molar-refractivity contribution in [1.29, 1.82) is 16.1 Å². The normalized spacial score (nSPS) is 9.13. The number of H-pyrrole nitrogens is 3. The van der Waals surface area contributed by atoms with Crippen LogP contribution >= 0.6 is 11.6 Å². The third-order valence-corrected chi connectivity index (χ3v) is 6.85. The van der Waals surface area contributed by atoms with Gasteiger partial charge in [-0.05, 0) is 86.3 Å². The number of carbonyl (C=O) groups excluding carboxylic acids is 5. The van der Waals surface area contributed by atoms with Crippen LogP contribution in [0.25, 0.3) is 22.1 Å². The average molecular weight is 1110 g/mol. The Kier molecular flexibility index (Phi) is 31.7. The minimum absolute atomic E-state index is 0. The maximum atomic E-state index is 11.2. The number of aromatic amines is 3. The molecule has 0 bridgehead atoms. The van der Waals surface area contributed by atoms with Crippen LogP contribution in [0.5, 0.6) is 0 Å². The molecule has 0 aliphatic carbocycles. The molecule has 0 radical (unpaired) electrons. The number of amidine groups is 1. The van der Waals surface area contributed by atoms with Crippen LogP contribution in [0.2, 0.25) is 5.15 Å². The summed E-state index contributed by atoms with van der Waals surface area (Å²) in [6, 6.07) is 7.15. The van der Waals surface area contributed by atoms with Gasteiger partial charge in [-0.3, -0.25) is 30.0 Å². The average Bonchev–Trinajstić information content (AvgIpc) is 3.79. The van der Waals surface area contributed by atoms with E-state index in [4.69, 9.17) is 48.6 Å². The van der Waals surface area contributed by atoms with Crippen molar-refractivity contribution in [2.24, 2.45) is 12.8 Å². The van der Waals surface area contributed by atoms with Crippen molar-refractivity contribution in [2.75, 3.05) is 18.9 Å². The second kappa shape index (κ2) is 32.7. The number of esters is 1. The Labute approximate surface area is 388 Å². The summed E-state index contributed by atoms with van der Waals surface area (Å²) in [6.07, 6.45) is 3.11. The standard InChI is InChI=1S/C8H8ClN3.C8H12N2O2.C7H7N3O.C6H11NO2.C4H8N2O.C4H5NO.C3H5O.U/c1-5-3-6-7(9)10-4-11-8(6)12(5)2;1-3-12-8(11)6-4-5(2)10-7(6)9;1-4-2-5-6(10-4)8-3-9-7(5)11;1-3-9-6(7)4-5(2)8;1-3(7)2-4(5)6;1-4(6)2-3-5;1-3(2)4;/h3-4H,1-2H3;4,10H,3,9H2,1-2H3;2-3H,1H3,(H2,8,9,10,11);7H,3-4H2,1-2H3;2H2,1H3,(H3,5,6);2H2,1H3;1H2,2H3;/q;;;;;;-1;. The Balaban J connectivity index is -0.000000670. The quantitative estimate of drug-likeness (QED) is 0.0339. The SMILES string of the molecule is CC(=O)CC#N.CC(=O)CC(=N)N.CCOC(=N)CC(C)=O.CCOC(=O)c1cc(C)[nH]c1N.Cc1cc2c(=O)[nH]cnc2[nH]1.Cc1cc2c(Cl)ncnc2n1C.[CH2-]C(C)=O.[U]. The van der Waals surface area contributed by atoms with Crippen molar-refractivity contribution in [3.05, 3.63) is 75.9 Å². The number of halogens is 1. The van der Waals surface area contributed by atoms with Gasteiger partial charge in [0, 0.05) is 55.2 Å². The zero-order valence-corrected chi connectivity index (χ0v) is 41.6. The number of ketones is 4. The first kappa shape index (κ1) is 60.2. The minimum atomic E-state index is -0.376. The first-order chi connectivity index (χ1) is 28.4. The van der Waals surface area contributed by atoms with Gasteiger partial charge in [0.05, 0.1) is 61.5 Å².